The average molecular weight is 269 g/mol. The minimum Gasteiger partial charge on any atom is -0.0887 e. The van der Waals surface area contributed by atoms with Crippen molar-refractivity contribution in [3.8, 4) is 0 Å². The van der Waals surface area contributed by atoms with Gasteiger partial charge in [0.05, 0.1) is 0 Å². The van der Waals surface area contributed by atoms with E-state index in [1.807, 2.05) is 0 Å². The Morgan fingerprint density at radius 3 is 2.53 bits per heavy atom. The maximum absolute atomic E-state index is 3.79. The molecule has 0 amide bonds. The highest BCUT2D eigenvalue weighted by Gasteiger charge is 2.10. The van der Waals surface area contributed by atoms with Gasteiger partial charge in [-0.15, -0.1) is 0 Å². The molecule has 0 aliphatic heterocycles. The van der Waals surface area contributed by atoms with Gasteiger partial charge in [-0.05, 0) is 36.8 Å². The van der Waals surface area contributed by atoms with E-state index in [0.29, 0.717) is 4.83 Å². The van der Waals surface area contributed by atoms with Gasteiger partial charge >= 0.3 is 0 Å². The lowest BCUT2D eigenvalue weighted by atomic mass is 9.97. The normalized spacial score (nSPS) is 14.9. The first-order valence-corrected chi connectivity index (χ1v) is 6.73. The summed E-state index contributed by atoms with van der Waals surface area (Å²) in [5.41, 5.74) is 2.88. The van der Waals surface area contributed by atoms with Crippen LogP contribution in [0.3, 0.4) is 0 Å². The van der Waals surface area contributed by atoms with Gasteiger partial charge in [-0.1, -0.05) is 60.5 Å². The third-order valence-electron chi connectivity index (χ3n) is 3.06. The predicted molar refractivity (Wildman–Crippen MR) is 71.7 cm³/mol. The van der Waals surface area contributed by atoms with Gasteiger partial charge in [0.25, 0.3) is 0 Å². The van der Waals surface area contributed by atoms with E-state index >= 15 is 0 Å². The van der Waals surface area contributed by atoms with E-state index in [4.69, 9.17) is 0 Å². The zero-order valence-electron chi connectivity index (χ0n) is 9.96. The maximum Gasteiger partial charge on any atom is 0.0188 e. The van der Waals surface area contributed by atoms with Crippen molar-refractivity contribution in [2.75, 3.05) is 0 Å². The first-order valence-electron chi connectivity index (χ1n) is 5.82. The van der Waals surface area contributed by atoms with Gasteiger partial charge in [-0.2, -0.15) is 0 Å². The summed E-state index contributed by atoms with van der Waals surface area (Å²) in [6.07, 6.45) is 3.69. The number of rotatable bonds is 5. The molecule has 15 heavy (non-hydrogen) atoms. The molecule has 0 aromatic heterocycles. The average Bonchev–Trinajstić information content (AvgIpc) is 2.21. The smallest absolute Gasteiger partial charge is 0.0188 e. The summed E-state index contributed by atoms with van der Waals surface area (Å²) in [6, 6.07) is 8.67. The highest BCUT2D eigenvalue weighted by Crippen LogP contribution is 2.21. The van der Waals surface area contributed by atoms with Crippen LogP contribution in [0.15, 0.2) is 24.3 Å². The van der Waals surface area contributed by atoms with Crippen LogP contribution in [0.4, 0.5) is 0 Å². The van der Waals surface area contributed by atoms with Gasteiger partial charge in [0.2, 0.25) is 0 Å². The van der Waals surface area contributed by atoms with Crippen molar-refractivity contribution in [2.45, 2.75) is 44.9 Å². The van der Waals surface area contributed by atoms with Crippen LogP contribution in [-0.2, 0) is 6.42 Å². The molecule has 84 valence electrons. The molecule has 0 nitrogen and oxygen atoms in total. The number of hydrogen-bond acceptors (Lipinski definition) is 0. The standard InChI is InChI=1S/C14H21Br/c1-4-11(2)9-14(15)10-13-8-6-5-7-12(13)3/h5-8,11,14H,4,9-10H2,1-3H3. The Kier molecular flexibility index (Phi) is 5.38. The molecular formula is C14H21Br. The van der Waals surface area contributed by atoms with Crippen molar-refractivity contribution in [3.05, 3.63) is 35.4 Å². The Bertz CT molecular complexity index is 293. The van der Waals surface area contributed by atoms with Gasteiger partial charge in [-0.25, -0.2) is 0 Å². The number of halogens is 1. The lowest BCUT2D eigenvalue weighted by Gasteiger charge is -2.15. The summed E-state index contributed by atoms with van der Waals surface area (Å²) in [7, 11) is 0. The molecule has 0 fully saturated rings. The third-order valence-corrected chi connectivity index (χ3v) is 3.76. The van der Waals surface area contributed by atoms with Crippen LogP contribution in [0.25, 0.3) is 0 Å². The van der Waals surface area contributed by atoms with Crippen molar-refractivity contribution in [3.63, 3.8) is 0 Å². The molecule has 1 rings (SSSR count). The first-order chi connectivity index (χ1) is 7.13. The Morgan fingerprint density at radius 2 is 1.93 bits per heavy atom. The largest absolute Gasteiger partial charge is 0.0887 e. The fourth-order valence-electron chi connectivity index (χ4n) is 1.76. The summed E-state index contributed by atoms with van der Waals surface area (Å²) in [4.78, 5) is 0.619. The molecule has 1 heteroatoms. The fourth-order valence-corrected chi connectivity index (χ4v) is 2.75. The first kappa shape index (κ1) is 12.8. The molecule has 0 saturated heterocycles. The minimum absolute atomic E-state index is 0.619. The SMILES string of the molecule is CCC(C)CC(Br)Cc1ccccc1C. The zero-order valence-corrected chi connectivity index (χ0v) is 11.5. The Balaban J connectivity index is 2.51. The molecule has 0 aliphatic rings. The van der Waals surface area contributed by atoms with E-state index in [9.17, 15) is 0 Å². The van der Waals surface area contributed by atoms with Gasteiger partial charge in [0.1, 0.15) is 0 Å². The highest BCUT2D eigenvalue weighted by atomic mass is 79.9. The third kappa shape index (κ3) is 4.38. The second-order valence-electron chi connectivity index (χ2n) is 4.48. The Labute approximate surface area is 102 Å². The van der Waals surface area contributed by atoms with Crippen LogP contribution in [0.5, 0.6) is 0 Å². The molecular weight excluding hydrogens is 248 g/mol. The van der Waals surface area contributed by atoms with Crippen molar-refractivity contribution in [1.29, 1.82) is 0 Å². The van der Waals surface area contributed by atoms with Gasteiger partial charge in [0, 0.05) is 4.83 Å². The van der Waals surface area contributed by atoms with E-state index < -0.39 is 0 Å². The van der Waals surface area contributed by atoms with Crippen LogP contribution in [-0.4, -0.2) is 4.83 Å². The molecule has 0 spiro atoms. The molecule has 0 radical (unpaired) electrons. The summed E-state index contributed by atoms with van der Waals surface area (Å²) in [6.45, 7) is 6.78. The molecule has 0 bridgehead atoms. The number of alkyl halides is 1. The Morgan fingerprint density at radius 1 is 1.27 bits per heavy atom. The quantitative estimate of drug-likeness (QED) is 0.677. The summed E-state index contributed by atoms with van der Waals surface area (Å²) >= 11 is 3.79. The van der Waals surface area contributed by atoms with Crippen molar-refractivity contribution >= 4 is 15.9 Å². The molecule has 1 aromatic carbocycles. The molecule has 0 saturated carbocycles. The fraction of sp³-hybridized carbons (Fsp3) is 0.571. The van der Waals surface area contributed by atoms with Gasteiger partial charge < -0.3 is 0 Å². The van der Waals surface area contributed by atoms with Crippen molar-refractivity contribution in [2.24, 2.45) is 5.92 Å². The number of hydrogen-bond donors (Lipinski definition) is 0. The second-order valence-corrected chi connectivity index (χ2v) is 5.77. The van der Waals surface area contributed by atoms with Crippen LogP contribution in [0, 0.1) is 12.8 Å². The lowest BCUT2D eigenvalue weighted by Crippen LogP contribution is -2.08. The molecule has 1 aromatic rings. The van der Waals surface area contributed by atoms with Crippen LogP contribution >= 0.6 is 15.9 Å². The van der Waals surface area contributed by atoms with Crippen LogP contribution in [0.1, 0.15) is 37.8 Å². The molecule has 2 unspecified atom stereocenters. The van der Waals surface area contributed by atoms with E-state index in [2.05, 4.69) is 61.0 Å². The van der Waals surface area contributed by atoms with Gasteiger partial charge in [-0.3, -0.25) is 0 Å². The minimum atomic E-state index is 0.619. The summed E-state index contributed by atoms with van der Waals surface area (Å²) in [5.74, 6) is 0.818. The van der Waals surface area contributed by atoms with Crippen LogP contribution < -0.4 is 0 Å². The van der Waals surface area contributed by atoms with E-state index in [1.54, 1.807) is 0 Å². The monoisotopic (exact) mass is 268 g/mol. The lowest BCUT2D eigenvalue weighted by molar-refractivity contribution is 0.507. The molecule has 0 heterocycles. The second kappa shape index (κ2) is 6.32. The van der Waals surface area contributed by atoms with E-state index in [1.165, 1.54) is 24.0 Å². The predicted octanol–water partition coefficient (Wildman–Crippen LogP) is 4.74. The van der Waals surface area contributed by atoms with Crippen molar-refractivity contribution < 1.29 is 0 Å². The Hall–Kier alpha value is -0.300. The van der Waals surface area contributed by atoms with E-state index in [0.717, 1.165) is 12.3 Å². The van der Waals surface area contributed by atoms with Crippen LogP contribution in [0.2, 0.25) is 0 Å². The van der Waals surface area contributed by atoms with Gasteiger partial charge in [0.15, 0.2) is 0 Å². The maximum atomic E-state index is 3.79. The van der Waals surface area contributed by atoms with Crippen molar-refractivity contribution in [1.82, 2.24) is 0 Å². The number of benzene rings is 1. The van der Waals surface area contributed by atoms with E-state index in [-0.39, 0.29) is 0 Å². The number of aryl methyl sites for hydroxylation is 1. The molecule has 0 aliphatic carbocycles. The summed E-state index contributed by atoms with van der Waals surface area (Å²) in [5, 5.41) is 0. The molecule has 2 atom stereocenters. The topological polar surface area (TPSA) is 0 Å². The highest BCUT2D eigenvalue weighted by molar-refractivity contribution is 9.09. The summed E-state index contributed by atoms with van der Waals surface area (Å²) < 4.78 is 0. The zero-order chi connectivity index (χ0) is 11.3. The molecule has 0 N–H and O–H groups in total.